The molecule has 1 amide bonds. The lowest BCUT2D eigenvalue weighted by Gasteiger charge is -2.10. The van der Waals surface area contributed by atoms with Crippen molar-refractivity contribution in [3.8, 4) is 28.3 Å². The van der Waals surface area contributed by atoms with E-state index in [-0.39, 0.29) is 5.91 Å². The quantitative estimate of drug-likeness (QED) is 0.274. The van der Waals surface area contributed by atoms with E-state index in [1.165, 1.54) is 11.3 Å². The lowest BCUT2D eigenvalue weighted by molar-refractivity contribution is 0.102. The lowest BCUT2D eigenvalue weighted by Crippen LogP contribution is -2.13. The molecule has 0 saturated heterocycles. The van der Waals surface area contributed by atoms with Crippen LogP contribution in [0, 0.1) is 0 Å². The second-order valence-electron chi connectivity index (χ2n) is 8.32. The summed E-state index contributed by atoms with van der Waals surface area (Å²) in [5.41, 5.74) is 4.81. The Morgan fingerprint density at radius 3 is 2.39 bits per heavy atom. The molecule has 174 valence electrons. The highest BCUT2D eigenvalue weighted by atomic mass is 32.1. The van der Waals surface area contributed by atoms with Crippen molar-refractivity contribution >= 4 is 44.1 Å². The van der Waals surface area contributed by atoms with Gasteiger partial charge in [0, 0.05) is 21.9 Å². The number of pyridine rings is 1. The zero-order valence-corrected chi connectivity index (χ0v) is 20.3. The first-order chi connectivity index (χ1) is 17.7. The molecule has 2 aromatic heterocycles. The van der Waals surface area contributed by atoms with E-state index in [0.717, 1.165) is 49.9 Å². The number of carbonyl (C=O) groups is 1. The normalized spacial score (nSPS) is 11.0. The minimum Gasteiger partial charge on any atom is -0.497 e. The van der Waals surface area contributed by atoms with E-state index in [9.17, 15) is 4.79 Å². The highest BCUT2D eigenvalue weighted by Gasteiger charge is 2.16. The van der Waals surface area contributed by atoms with Crippen LogP contribution >= 0.6 is 11.3 Å². The van der Waals surface area contributed by atoms with E-state index in [2.05, 4.69) is 29.6 Å². The van der Waals surface area contributed by atoms with Crippen LogP contribution in [0.4, 0.5) is 5.13 Å². The van der Waals surface area contributed by atoms with Gasteiger partial charge >= 0.3 is 0 Å². The van der Waals surface area contributed by atoms with Gasteiger partial charge in [0.2, 0.25) is 0 Å². The van der Waals surface area contributed by atoms with Crippen LogP contribution in [0.15, 0.2) is 102 Å². The fourth-order valence-electron chi connectivity index (χ4n) is 4.34. The number of rotatable bonds is 5. The molecule has 0 aliphatic heterocycles. The van der Waals surface area contributed by atoms with Crippen molar-refractivity contribution in [1.29, 1.82) is 0 Å². The van der Waals surface area contributed by atoms with E-state index in [4.69, 9.17) is 14.7 Å². The Bertz CT molecular complexity index is 1720. The molecule has 6 aromatic rings. The molecule has 0 fully saturated rings. The zero-order valence-electron chi connectivity index (χ0n) is 19.4. The number of amides is 1. The van der Waals surface area contributed by atoms with Gasteiger partial charge in [-0.3, -0.25) is 10.1 Å². The van der Waals surface area contributed by atoms with Gasteiger partial charge in [0.25, 0.3) is 5.91 Å². The van der Waals surface area contributed by atoms with E-state index >= 15 is 0 Å². The summed E-state index contributed by atoms with van der Waals surface area (Å²) in [5, 5.41) is 8.61. The Hall–Kier alpha value is -4.55. The van der Waals surface area contributed by atoms with Crippen molar-refractivity contribution in [3.05, 3.63) is 108 Å². The Labute approximate surface area is 212 Å². The van der Waals surface area contributed by atoms with Gasteiger partial charge in [-0.05, 0) is 47.2 Å². The van der Waals surface area contributed by atoms with Crippen LogP contribution in [0.3, 0.4) is 0 Å². The van der Waals surface area contributed by atoms with Crippen molar-refractivity contribution in [2.45, 2.75) is 0 Å². The highest BCUT2D eigenvalue weighted by molar-refractivity contribution is 7.14. The maximum atomic E-state index is 13.5. The Morgan fingerprint density at radius 1 is 0.806 bits per heavy atom. The van der Waals surface area contributed by atoms with Gasteiger partial charge in [-0.25, -0.2) is 9.97 Å². The topological polar surface area (TPSA) is 64.1 Å². The number of thiazole rings is 1. The fraction of sp³-hybridized carbons (Fsp3) is 0.0333. The number of methoxy groups -OCH3 is 1. The number of ether oxygens (including phenoxy) is 1. The van der Waals surface area contributed by atoms with Crippen LogP contribution in [0.2, 0.25) is 0 Å². The van der Waals surface area contributed by atoms with Crippen molar-refractivity contribution in [1.82, 2.24) is 9.97 Å². The number of anilines is 1. The van der Waals surface area contributed by atoms with Gasteiger partial charge in [-0.1, -0.05) is 60.7 Å². The van der Waals surface area contributed by atoms with Crippen LogP contribution in [-0.2, 0) is 0 Å². The maximum absolute atomic E-state index is 13.5. The molecular formula is C30H21N3O2S. The van der Waals surface area contributed by atoms with Gasteiger partial charge in [0.15, 0.2) is 5.13 Å². The van der Waals surface area contributed by atoms with E-state index in [1.54, 1.807) is 7.11 Å². The molecule has 0 atom stereocenters. The minimum absolute atomic E-state index is 0.220. The molecule has 6 rings (SSSR count). The van der Waals surface area contributed by atoms with Crippen LogP contribution in [0.1, 0.15) is 10.4 Å². The zero-order chi connectivity index (χ0) is 24.5. The van der Waals surface area contributed by atoms with Gasteiger partial charge in [-0.2, -0.15) is 0 Å². The number of aromatic nitrogens is 2. The van der Waals surface area contributed by atoms with E-state index in [1.807, 2.05) is 78.2 Å². The number of nitrogens with one attached hydrogen (secondary N) is 1. The maximum Gasteiger partial charge on any atom is 0.258 e. The molecule has 0 spiro atoms. The summed E-state index contributed by atoms with van der Waals surface area (Å²) < 4.78 is 5.27. The third kappa shape index (κ3) is 4.08. The van der Waals surface area contributed by atoms with Crippen LogP contribution in [0.5, 0.6) is 5.75 Å². The van der Waals surface area contributed by atoms with Crippen molar-refractivity contribution in [3.63, 3.8) is 0 Å². The lowest BCUT2D eigenvalue weighted by atomic mass is 10.0. The third-order valence-electron chi connectivity index (χ3n) is 6.14. The summed E-state index contributed by atoms with van der Waals surface area (Å²) in [6, 6.07) is 31.5. The van der Waals surface area contributed by atoms with Gasteiger partial charge in [0.1, 0.15) is 5.75 Å². The van der Waals surface area contributed by atoms with Crippen LogP contribution in [0.25, 0.3) is 44.2 Å². The molecule has 0 saturated carbocycles. The summed E-state index contributed by atoms with van der Waals surface area (Å²) in [7, 11) is 1.63. The number of para-hydroxylation sites is 1. The fourth-order valence-corrected chi connectivity index (χ4v) is 5.05. The molecule has 0 bridgehead atoms. The van der Waals surface area contributed by atoms with Gasteiger partial charge in [-0.15, -0.1) is 11.3 Å². The molecule has 5 nitrogen and oxygen atoms in total. The van der Waals surface area contributed by atoms with Gasteiger partial charge in [0.05, 0.1) is 29.6 Å². The molecule has 4 aromatic carbocycles. The molecule has 2 heterocycles. The number of hydrogen-bond acceptors (Lipinski definition) is 5. The molecule has 0 radical (unpaired) electrons. The summed E-state index contributed by atoms with van der Waals surface area (Å²) in [6.07, 6.45) is 0. The standard InChI is InChI=1S/C30H21N3O2S/c1-35-21-15-13-20(14-16-21)27-17-25(24-10-4-5-12-26(24)31-27)29(34)33-30-32-28(18-36-30)23-11-6-8-19-7-2-3-9-22(19)23/h2-18H,1H3,(H,32,33,34). The van der Waals surface area contributed by atoms with Crippen LogP contribution in [-0.4, -0.2) is 23.0 Å². The average molecular weight is 488 g/mol. The Morgan fingerprint density at radius 2 is 1.56 bits per heavy atom. The SMILES string of the molecule is COc1ccc(-c2cc(C(=O)Nc3nc(-c4cccc5ccccc45)cs3)c3ccccc3n2)cc1. The molecular weight excluding hydrogens is 466 g/mol. The number of carbonyl (C=O) groups excluding carboxylic acids is 1. The van der Waals surface area contributed by atoms with Crippen molar-refractivity contribution < 1.29 is 9.53 Å². The number of benzene rings is 4. The average Bonchev–Trinajstić information content (AvgIpc) is 3.40. The smallest absolute Gasteiger partial charge is 0.258 e. The summed E-state index contributed by atoms with van der Waals surface area (Å²) >= 11 is 1.41. The monoisotopic (exact) mass is 487 g/mol. The molecule has 6 heteroatoms. The molecule has 0 aliphatic carbocycles. The van der Waals surface area contributed by atoms with E-state index in [0.29, 0.717) is 10.7 Å². The first-order valence-corrected chi connectivity index (χ1v) is 12.4. The predicted molar refractivity (Wildman–Crippen MR) is 147 cm³/mol. The second kappa shape index (κ2) is 9.24. The first kappa shape index (κ1) is 21.9. The molecule has 0 unspecified atom stereocenters. The minimum atomic E-state index is -0.220. The Balaban J connectivity index is 1.35. The summed E-state index contributed by atoms with van der Waals surface area (Å²) in [4.78, 5) is 23.0. The second-order valence-corrected chi connectivity index (χ2v) is 9.18. The Kier molecular flexibility index (Phi) is 5.64. The first-order valence-electron chi connectivity index (χ1n) is 11.5. The number of hydrogen-bond donors (Lipinski definition) is 1. The molecule has 36 heavy (non-hydrogen) atoms. The highest BCUT2D eigenvalue weighted by Crippen LogP contribution is 2.32. The third-order valence-corrected chi connectivity index (χ3v) is 6.89. The number of nitrogens with zero attached hydrogens (tertiary/aromatic N) is 2. The van der Waals surface area contributed by atoms with Crippen molar-refractivity contribution in [2.75, 3.05) is 12.4 Å². The number of fused-ring (bicyclic) bond motifs is 2. The van der Waals surface area contributed by atoms with Gasteiger partial charge < -0.3 is 4.74 Å². The molecule has 0 aliphatic rings. The largest absolute Gasteiger partial charge is 0.497 e. The molecule has 1 N–H and O–H groups in total. The van der Waals surface area contributed by atoms with Crippen molar-refractivity contribution in [2.24, 2.45) is 0 Å². The van der Waals surface area contributed by atoms with Crippen LogP contribution < -0.4 is 10.1 Å². The van der Waals surface area contributed by atoms with E-state index < -0.39 is 0 Å². The summed E-state index contributed by atoms with van der Waals surface area (Å²) in [6.45, 7) is 0. The predicted octanol–water partition coefficient (Wildman–Crippen LogP) is 7.44. The summed E-state index contributed by atoms with van der Waals surface area (Å²) in [5.74, 6) is 0.547.